The molecule has 0 bridgehead atoms. The maximum atomic E-state index is 12.9. The standard InChI is InChI=1S/C17H14FNOS/c1-19(10-12-6-8-13(18)9-7-12)17(20)15-11-21-16-5-3-2-4-14(15)16/h2-9,11H,10H2,1H3. The van der Waals surface area contributed by atoms with E-state index >= 15 is 0 Å². The first-order chi connectivity index (χ1) is 10.1. The van der Waals surface area contributed by atoms with Crippen molar-refractivity contribution in [2.24, 2.45) is 0 Å². The van der Waals surface area contributed by atoms with Crippen LogP contribution in [0.25, 0.3) is 10.1 Å². The first-order valence-electron chi connectivity index (χ1n) is 6.61. The molecular weight excluding hydrogens is 285 g/mol. The van der Waals surface area contributed by atoms with Gasteiger partial charge in [-0.05, 0) is 23.8 Å². The molecule has 1 aromatic heterocycles. The van der Waals surface area contributed by atoms with Crippen LogP contribution in [0.15, 0.2) is 53.9 Å². The van der Waals surface area contributed by atoms with Crippen LogP contribution in [-0.2, 0) is 6.54 Å². The lowest BCUT2D eigenvalue weighted by Crippen LogP contribution is -2.25. The Morgan fingerprint density at radius 2 is 1.86 bits per heavy atom. The van der Waals surface area contributed by atoms with E-state index in [9.17, 15) is 9.18 Å². The zero-order valence-corrected chi connectivity index (χ0v) is 12.4. The molecule has 0 saturated carbocycles. The monoisotopic (exact) mass is 299 g/mol. The van der Waals surface area contributed by atoms with Gasteiger partial charge in [0.25, 0.3) is 5.91 Å². The largest absolute Gasteiger partial charge is 0.337 e. The van der Waals surface area contributed by atoms with E-state index in [1.807, 2.05) is 29.6 Å². The Morgan fingerprint density at radius 3 is 2.62 bits per heavy atom. The fraction of sp³-hybridized carbons (Fsp3) is 0.118. The van der Waals surface area contributed by atoms with Gasteiger partial charge < -0.3 is 4.90 Å². The number of hydrogen-bond donors (Lipinski definition) is 0. The van der Waals surface area contributed by atoms with Gasteiger partial charge in [0.05, 0.1) is 5.56 Å². The SMILES string of the molecule is CN(Cc1ccc(F)cc1)C(=O)c1csc2ccccc12. The Balaban J connectivity index is 1.82. The molecule has 0 unspecified atom stereocenters. The molecule has 3 rings (SSSR count). The van der Waals surface area contributed by atoms with Gasteiger partial charge in [0.2, 0.25) is 0 Å². The second kappa shape index (κ2) is 5.66. The number of carbonyl (C=O) groups excluding carboxylic acids is 1. The van der Waals surface area contributed by atoms with Gasteiger partial charge in [-0.15, -0.1) is 11.3 Å². The van der Waals surface area contributed by atoms with Crippen LogP contribution < -0.4 is 0 Å². The summed E-state index contributed by atoms with van der Waals surface area (Å²) in [5.41, 5.74) is 1.63. The summed E-state index contributed by atoms with van der Waals surface area (Å²) in [6, 6.07) is 14.1. The molecule has 0 N–H and O–H groups in total. The van der Waals surface area contributed by atoms with Gasteiger partial charge in [-0.2, -0.15) is 0 Å². The minimum Gasteiger partial charge on any atom is -0.337 e. The number of halogens is 1. The highest BCUT2D eigenvalue weighted by Gasteiger charge is 2.16. The van der Waals surface area contributed by atoms with Crippen LogP contribution >= 0.6 is 11.3 Å². The van der Waals surface area contributed by atoms with E-state index in [1.54, 1.807) is 35.4 Å². The molecular formula is C17H14FNOS. The molecule has 0 spiro atoms. The Labute approximate surface area is 126 Å². The average Bonchev–Trinajstić information content (AvgIpc) is 2.92. The summed E-state index contributed by atoms with van der Waals surface area (Å²) in [5, 5.41) is 2.88. The van der Waals surface area contributed by atoms with E-state index in [0.29, 0.717) is 6.54 Å². The average molecular weight is 299 g/mol. The molecule has 0 saturated heterocycles. The van der Waals surface area contributed by atoms with Gasteiger partial charge in [0.1, 0.15) is 5.82 Å². The number of carbonyl (C=O) groups is 1. The molecule has 1 heterocycles. The molecule has 1 amide bonds. The smallest absolute Gasteiger partial charge is 0.255 e. The molecule has 0 fully saturated rings. The summed E-state index contributed by atoms with van der Waals surface area (Å²) in [6.45, 7) is 0.462. The van der Waals surface area contributed by atoms with Crippen molar-refractivity contribution in [1.82, 2.24) is 4.90 Å². The molecule has 2 aromatic carbocycles. The van der Waals surface area contributed by atoms with Crippen molar-refractivity contribution in [2.45, 2.75) is 6.54 Å². The maximum Gasteiger partial charge on any atom is 0.255 e. The van der Waals surface area contributed by atoms with Crippen molar-refractivity contribution < 1.29 is 9.18 Å². The Bertz CT molecular complexity index is 779. The highest BCUT2D eigenvalue weighted by molar-refractivity contribution is 7.17. The molecule has 3 aromatic rings. The van der Waals surface area contributed by atoms with Crippen molar-refractivity contribution >= 4 is 27.3 Å². The summed E-state index contributed by atoms with van der Waals surface area (Å²) in [7, 11) is 1.76. The second-order valence-corrected chi connectivity index (χ2v) is 5.84. The topological polar surface area (TPSA) is 20.3 Å². The highest BCUT2D eigenvalue weighted by Crippen LogP contribution is 2.26. The molecule has 0 aliphatic heterocycles. The zero-order valence-electron chi connectivity index (χ0n) is 11.5. The third-order valence-electron chi connectivity index (χ3n) is 3.39. The van der Waals surface area contributed by atoms with Gasteiger partial charge in [-0.1, -0.05) is 30.3 Å². The molecule has 4 heteroatoms. The van der Waals surface area contributed by atoms with E-state index in [4.69, 9.17) is 0 Å². The molecule has 0 aliphatic rings. The number of fused-ring (bicyclic) bond motifs is 1. The van der Waals surface area contributed by atoms with Crippen LogP contribution in [0.5, 0.6) is 0 Å². The van der Waals surface area contributed by atoms with Crippen molar-refractivity contribution in [3.8, 4) is 0 Å². The number of hydrogen-bond acceptors (Lipinski definition) is 2. The lowest BCUT2D eigenvalue weighted by molar-refractivity contribution is 0.0787. The summed E-state index contributed by atoms with van der Waals surface area (Å²) in [5.74, 6) is -0.284. The Kier molecular flexibility index (Phi) is 3.71. The summed E-state index contributed by atoms with van der Waals surface area (Å²) < 4.78 is 14.0. The lowest BCUT2D eigenvalue weighted by atomic mass is 10.1. The van der Waals surface area contributed by atoms with E-state index < -0.39 is 0 Å². The summed E-state index contributed by atoms with van der Waals surface area (Å²) >= 11 is 1.57. The van der Waals surface area contributed by atoms with Gasteiger partial charge in [-0.25, -0.2) is 4.39 Å². The van der Waals surface area contributed by atoms with Crippen molar-refractivity contribution in [1.29, 1.82) is 0 Å². The molecule has 2 nitrogen and oxygen atoms in total. The zero-order chi connectivity index (χ0) is 14.8. The quantitative estimate of drug-likeness (QED) is 0.705. The molecule has 0 radical (unpaired) electrons. The van der Waals surface area contributed by atoms with Crippen LogP contribution in [0.4, 0.5) is 4.39 Å². The van der Waals surface area contributed by atoms with E-state index in [-0.39, 0.29) is 11.7 Å². The second-order valence-electron chi connectivity index (χ2n) is 4.93. The highest BCUT2D eigenvalue weighted by atomic mass is 32.1. The third-order valence-corrected chi connectivity index (χ3v) is 4.35. The third kappa shape index (κ3) is 2.81. The molecule has 21 heavy (non-hydrogen) atoms. The number of nitrogens with zero attached hydrogens (tertiary/aromatic N) is 1. The number of thiophene rings is 1. The van der Waals surface area contributed by atoms with Crippen molar-refractivity contribution in [3.05, 3.63) is 70.9 Å². The van der Waals surface area contributed by atoms with Gasteiger partial charge >= 0.3 is 0 Å². The molecule has 0 aliphatic carbocycles. The van der Waals surface area contributed by atoms with Crippen molar-refractivity contribution in [3.63, 3.8) is 0 Å². The van der Waals surface area contributed by atoms with Gasteiger partial charge in [0, 0.05) is 29.1 Å². The predicted molar refractivity (Wildman–Crippen MR) is 84.0 cm³/mol. The molecule has 106 valence electrons. The van der Waals surface area contributed by atoms with E-state index in [0.717, 1.165) is 21.2 Å². The number of rotatable bonds is 3. The summed E-state index contributed by atoms with van der Waals surface area (Å²) in [6.07, 6.45) is 0. The lowest BCUT2D eigenvalue weighted by Gasteiger charge is -2.17. The van der Waals surface area contributed by atoms with Crippen molar-refractivity contribution in [2.75, 3.05) is 7.05 Å². The number of amides is 1. The van der Waals surface area contributed by atoms with Crippen LogP contribution in [0.3, 0.4) is 0 Å². The predicted octanol–water partition coefficient (Wildman–Crippen LogP) is 4.31. The van der Waals surface area contributed by atoms with Crippen LogP contribution in [0.2, 0.25) is 0 Å². The van der Waals surface area contributed by atoms with E-state index in [2.05, 4.69) is 0 Å². The molecule has 0 atom stereocenters. The minimum absolute atomic E-state index is 0.0169. The minimum atomic E-state index is -0.267. The first kappa shape index (κ1) is 13.8. The Morgan fingerprint density at radius 1 is 1.14 bits per heavy atom. The normalized spacial score (nSPS) is 10.8. The fourth-order valence-corrected chi connectivity index (χ4v) is 3.22. The summed E-state index contributed by atoms with van der Waals surface area (Å²) in [4.78, 5) is 14.2. The number of benzene rings is 2. The van der Waals surface area contributed by atoms with Gasteiger partial charge in [-0.3, -0.25) is 4.79 Å². The van der Waals surface area contributed by atoms with Crippen LogP contribution in [-0.4, -0.2) is 17.9 Å². The van der Waals surface area contributed by atoms with Crippen LogP contribution in [0.1, 0.15) is 15.9 Å². The van der Waals surface area contributed by atoms with E-state index in [1.165, 1.54) is 12.1 Å². The van der Waals surface area contributed by atoms with Crippen LogP contribution in [0, 0.1) is 5.82 Å². The maximum absolute atomic E-state index is 12.9. The van der Waals surface area contributed by atoms with Gasteiger partial charge in [0.15, 0.2) is 0 Å². The Hall–Kier alpha value is -2.20. The fourth-order valence-electron chi connectivity index (χ4n) is 2.28. The first-order valence-corrected chi connectivity index (χ1v) is 7.49.